The van der Waals surface area contributed by atoms with Crippen molar-refractivity contribution in [3.05, 3.63) is 107 Å². The maximum Gasteiger partial charge on any atom is 0.307 e. The van der Waals surface area contributed by atoms with Crippen LogP contribution in [-0.4, -0.2) is 16.7 Å². The van der Waals surface area contributed by atoms with E-state index in [0.29, 0.717) is 17.2 Å². The van der Waals surface area contributed by atoms with Crippen molar-refractivity contribution in [3.8, 4) is 0 Å². The fraction of sp³-hybridized carbons (Fsp3) is 0.0400. The summed E-state index contributed by atoms with van der Waals surface area (Å²) in [5, 5.41) is 6.80. The predicted octanol–water partition coefficient (Wildman–Crippen LogP) is 5.85. The topological polar surface area (TPSA) is 59.5 Å². The molecule has 3 aromatic carbocycles. The standard InChI is InChI=1S/C25H18ClN3O2/c26-20-11-9-17(10-12-20)15-29-16-19(21-6-2-3-7-22(21)29)14-27-28-25(30)24-13-18-5-1-4-8-23(18)31-24/h1-14,16H,15H2,(H,28,30)/b27-14+. The molecular formula is C25H18ClN3O2. The molecule has 0 aliphatic heterocycles. The highest BCUT2D eigenvalue weighted by Crippen LogP contribution is 2.22. The molecule has 0 unspecified atom stereocenters. The van der Waals surface area contributed by atoms with Crippen molar-refractivity contribution in [3.63, 3.8) is 0 Å². The molecule has 6 heteroatoms. The number of para-hydroxylation sites is 2. The van der Waals surface area contributed by atoms with Crippen LogP contribution in [0.3, 0.4) is 0 Å². The summed E-state index contributed by atoms with van der Waals surface area (Å²) in [4.78, 5) is 12.4. The summed E-state index contributed by atoms with van der Waals surface area (Å²) in [6, 6.07) is 25.1. The van der Waals surface area contributed by atoms with Gasteiger partial charge in [0, 0.05) is 39.6 Å². The lowest BCUT2D eigenvalue weighted by Gasteiger charge is -2.05. The van der Waals surface area contributed by atoms with Gasteiger partial charge in [0.15, 0.2) is 5.76 Å². The molecule has 152 valence electrons. The van der Waals surface area contributed by atoms with Gasteiger partial charge in [-0.25, -0.2) is 5.43 Å². The van der Waals surface area contributed by atoms with Gasteiger partial charge in [0.05, 0.1) is 6.21 Å². The second-order valence-corrected chi connectivity index (χ2v) is 7.64. The normalized spacial score (nSPS) is 11.5. The van der Waals surface area contributed by atoms with Gasteiger partial charge in [0.2, 0.25) is 0 Å². The lowest BCUT2D eigenvalue weighted by atomic mass is 10.2. The van der Waals surface area contributed by atoms with E-state index in [4.69, 9.17) is 16.0 Å². The Labute approximate surface area is 183 Å². The third-order valence-corrected chi connectivity index (χ3v) is 5.36. The quantitative estimate of drug-likeness (QED) is 0.282. The van der Waals surface area contributed by atoms with Crippen molar-refractivity contribution in [2.45, 2.75) is 6.54 Å². The number of rotatable bonds is 5. The first-order valence-electron chi connectivity index (χ1n) is 9.82. The smallest absolute Gasteiger partial charge is 0.307 e. The van der Waals surface area contributed by atoms with E-state index in [1.54, 1.807) is 12.3 Å². The van der Waals surface area contributed by atoms with Gasteiger partial charge in [-0.1, -0.05) is 60.1 Å². The number of furan rings is 1. The molecule has 31 heavy (non-hydrogen) atoms. The zero-order valence-corrected chi connectivity index (χ0v) is 17.2. The van der Waals surface area contributed by atoms with E-state index in [-0.39, 0.29) is 5.76 Å². The van der Waals surface area contributed by atoms with E-state index in [2.05, 4.69) is 21.2 Å². The second-order valence-electron chi connectivity index (χ2n) is 7.20. The number of nitrogens with one attached hydrogen (secondary N) is 1. The summed E-state index contributed by atoms with van der Waals surface area (Å²) >= 11 is 6.00. The Morgan fingerprint density at radius 1 is 1.03 bits per heavy atom. The van der Waals surface area contributed by atoms with Gasteiger partial charge < -0.3 is 8.98 Å². The molecule has 0 saturated heterocycles. The van der Waals surface area contributed by atoms with E-state index in [1.165, 1.54) is 0 Å². The third kappa shape index (κ3) is 3.96. The van der Waals surface area contributed by atoms with Crippen LogP contribution in [0.25, 0.3) is 21.9 Å². The van der Waals surface area contributed by atoms with Gasteiger partial charge in [-0.3, -0.25) is 4.79 Å². The number of halogens is 1. The van der Waals surface area contributed by atoms with Gasteiger partial charge in [0.1, 0.15) is 5.58 Å². The molecule has 0 radical (unpaired) electrons. The highest BCUT2D eigenvalue weighted by atomic mass is 35.5. The molecule has 0 saturated carbocycles. The molecule has 5 aromatic rings. The molecule has 1 N–H and O–H groups in total. The highest BCUT2D eigenvalue weighted by Gasteiger charge is 2.11. The van der Waals surface area contributed by atoms with Crippen molar-refractivity contribution < 1.29 is 9.21 Å². The monoisotopic (exact) mass is 427 g/mol. The van der Waals surface area contributed by atoms with Crippen molar-refractivity contribution in [1.29, 1.82) is 0 Å². The van der Waals surface area contributed by atoms with Crippen LogP contribution in [0.2, 0.25) is 5.02 Å². The molecule has 0 aliphatic carbocycles. The lowest BCUT2D eigenvalue weighted by Crippen LogP contribution is -2.16. The number of carbonyl (C=O) groups excluding carboxylic acids is 1. The number of fused-ring (bicyclic) bond motifs is 2. The predicted molar refractivity (Wildman–Crippen MR) is 124 cm³/mol. The minimum atomic E-state index is -0.391. The Balaban J connectivity index is 1.37. The number of benzene rings is 3. The molecule has 0 spiro atoms. The maximum absolute atomic E-state index is 12.4. The van der Waals surface area contributed by atoms with Crippen LogP contribution < -0.4 is 5.43 Å². The lowest BCUT2D eigenvalue weighted by molar-refractivity contribution is 0.0929. The number of carbonyl (C=O) groups is 1. The second kappa shape index (κ2) is 8.13. The summed E-state index contributed by atoms with van der Waals surface area (Å²) < 4.78 is 7.74. The first kappa shape index (κ1) is 19.2. The molecule has 0 bridgehead atoms. The molecule has 5 nitrogen and oxygen atoms in total. The van der Waals surface area contributed by atoms with Crippen LogP contribution in [-0.2, 0) is 6.54 Å². The van der Waals surface area contributed by atoms with Gasteiger partial charge in [0.25, 0.3) is 0 Å². The van der Waals surface area contributed by atoms with E-state index >= 15 is 0 Å². The van der Waals surface area contributed by atoms with Crippen LogP contribution >= 0.6 is 11.6 Å². The number of nitrogens with zero attached hydrogens (tertiary/aromatic N) is 2. The van der Waals surface area contributed by atoms with E-state index in [0.717, 1.165) is 27.4 Å². The number of amides is 1. The Hall–Kier alpha value is -3.83. The van der Waals surface area contributed by atoms with Crippen LogP contribution in [0.4, 0.5) is 0 Å². The zero-order valence-electron chi connectivity index (χ0n) is 16.5. The summed E-state index contributed by atoms with van der Waals surface area (Å²) in [6.45, 7) is 0.705. The molecule has 2 heterocycles. The number of hydrogen-bond donors (Lipinski definition) is 1. The van der Waals surface area contributed by atoms with E-state index < -0.39 is 5.91 Å². The SMILES string of the molecule is O=C(N/N=C/c1cn(Cc2ccc(Cl)cc2)c2ccccc12)c1cc2ccccc2o1. The Kier molecular flexibility index (Phi) is 5.02. The molecule has 5 rings (SSSR count). The van der Waals surface area contributed by atoms with Crippen LogP contribution in [0, 0.1) is 0 Å². The summed E-state index contributed by atoms with van der Waals surface area (Å²) in [6.07, 6.45) is 3.68. The third-order valence-electron chi connectivity index (χ3n) is 5.10. The molecule has 2 aromatic heterocycles. The first-order chi connectivity index (χ1) is 15.2. The molecule has 0 fully saturated rings. The molecule has 1 amide bonds. The molecule has 0 aliphatic rings. The Morgan fingerprint density at radius 3 is 2.65 bits per heavy atom. The van der Waals surface area contributed by atoms with Gasteiger partial charge in [-0.15, -0.1) is 0 Å². The van der Waals surface area contributed by atoms with Gasteiger partial charge in [-0.2, -0.15) is 5.10 Å². The molecule has 0 atom stereocenters. The maximum atomic E-state index is 12.4. The van der Waals surface area contributed by atoms with Crippen LogP contribution in [0.15, 0.2) is 94.6 Å². The fourth-order valence-corrected chi connectivity index (χ4v) is 3.73. The summed E-state index contributed by atoms with van der Waals surface area (Å²) in [5.41, 5.74) is 6.36. The zero-order chi connectivity index (χ0) is 21.2. The van der Waals surface area contributed by atoms with E-state index in [9.17, 15) is 4.79 Å². The minimum Gasteiger partial charge on any atom is -0.451 e. The largest absolute Gasteiger partial charge is 0.451 e. The van der Waals surface area contributed by atoms with Gasteiger partial charge in [-0.05, 0) is 35.9 Å². The Bertz CT molecular complexity index is 1380. The number of hydrazone groups is 1. The van der Waals surface area contributed by atoms with Crippen molar-refractivity contribution in [1.82, 2.24) is 9.99 Å². The van der Waals surface area contributed by atoms with E-state index in [1.807, 2.05) is 72.9 Å². The molecular weight excluding hydrogens is 410 g/mol. The average Bonchev–Trinajstić information content (AvgIpc) is 3.37. The minimum absolute atomic E-state index is 0.225. The first-order valence-corrected chi connectivity index (χ1v) is 10.2. The van der Waals surface area contributed by atoms with Crippen molar-refractivity contribution in [2.75, 3.05) is 0 Å². The van der Waals surface area contributed by atoms with Crippen molar-refractivity contribution in [2.24, 2.45) is 5.10 Å². The van der Waals surface area contributed by atoms with Crippen LogP contribution in [0.1, 0.15) is 21.7 Å². The van der Waals surface area contributed by atoms with Crippen LogP contribution in [0.5, 0.6) is 0 Å². The highest BCUT2D eigenvalue weighted by molar-refractivity contribution is 6.30. The van der Waals surface area contributed by atoms with Gasteiger partial charge >= 0.3 is 5.91 Å². The fourth-order valence-electron chi connectivity index (χ4n) is 3.60. The Morgan fingerprint density at radius 2 is 1.81 bits per heavy atom. The van der Waals surface area contributed by atoms with Crippen molar-refractivity contribution >= 4 is 45.6 Å². The summed E-state index contributed by atoms with van der Waals surface area (Å²) in [5.74, 6) is -0.166. The summed E-state index contributed by atoms with van der Waals surface area (Å²) in [7, 11) is 0. The number of aromatic nitrogens is 1. The average molecular weight is 428 g/mol. The number of hydrogen-bond acceptors (Lipinski definition) is 3.